The zero-order valence-corrected chi connectivity index (χ0v) is 18.2. The first-order valence-electron chi connectivity index (χ1n) is 10.1. The Morgan fingerprint density at radius 3 is 2.16 bits per heavy atom. The van der Waals surface area contributed by atoms with E-state index in [1.165, 1.54) is 36.0 Å². The Hall–Kier alpha value is -3.64. The van der Waals surface area contributed by atoms with Crippen LogP contribution in [0.1, 0.15) is 17.3 Å². The number of anilines is 2. The zero-order chi connectivity index (χ0) is 22.5. The average molecular weight is 445 g/mol. The highest BCUT2D eigenvalue weighted by Crippen LogP contribution is 2.26. The van der Waals surface area contributed by atoms with Gasteiger partial charge < -0.3 is 10.6 Å². The number of carbonyl (C=O) groups excluding carboxylic acids is 2. The molecule has 1 atom stereocenters. The molecule has 0 spiro atoms. The van der Waals surface area contributed by atoms with Gasteiger partial charge in [0, 0.05) is 21.8 Å². The molecule has 0 radical (unpaired) electrons. The standard InChI is InChI=1S/C26H21FN2O2S/c1-17(25(30)29-23-11-8-18-4-2-3-5-20(18)16-23)32-24-14-12-22(13-15-24)28-26(31)19-6-9-21(27)10-7-19/h2-17H,1H3,(H,28,31)(H,29,30). The van der Waals surface area contributed by atoms with Gasteiger partial charge in [-0.1, -0.05) is 30.3 Å². The van der Waals surface area contributed by atoms with Crippen LogP contribution in [0.15, 0.2) is 95.9 Å². The van der Waals surface area contributed by atoms with Gasteiger partial charge in [-0.05, 0) is 78.4 Å². The van der Waals surface area contributed by atoms with Gasteiger partial charge in [0.2, 0.25) is 5.91 Å². The van der Waals surface area contributed by atoms with Crippen LogP contribution in [0.25, 0.3) is 10.8 Å². The predicted octanol–water partition coefficient (Wildman–Crippen LogP) is 6.35. The quantitative estimate of drug-likeness (QED) is 0.341. The van der Waals surface area contributed by atoms with E-state index < -0.39 is 0 Å². The van der Waals surface area contributed by atoms with Gasteiger partial charge in [-0.2, -0.15) is 0 Å². The zero-order valence-electron chi connectivity index (χ0n) is 17.3. The topological polar surface area (TPSA) is 58.2 Å². The van der Waals surface area contributed by atoms with Gasteiger partial charge in [-0.3, -0.25) is 9.59 Å². The summed E-state index contributed by atoms with van der Waals surface area (Å²) in [4.78, 5) is 25.8. The average Bonchev–Trinajstić information content (AvgIpc) is 2.80. The number of hydrogen-bond acceptors (Lipinski definition) is 3. The van der Waals surface area contributed by atoms with Crippen molar-refractivity contribution in [3.8, 4) is 0 Å². The maximum Gasteiger partial charge on any atom is 0.255 e. The van der Waals surface area contributed by atoms with Crippen molar-refractivity contribution >= 4 is 45.7 Å². The molecular formula is C26H21FN2O2S. The summed E-state index contributed by atoms with van der Waals surface area (Å²) in [5.74, 6) is -0.783. The Labute approximate surface area is 189 Å². The summed E-state index contributed by atoms with van der Waals surface area (Å²) in [7, 11) is 0. The lowest BCUT2D eigenvalue weighted by atomic mass is 10.1. The van der Waals surface area contributed by atoms with Gasteiger partial charge in [0.1, 0.15) is 5.82 Å². The number of halogens is 1. The second kappa shape index (κ2) is 9.66. The molecule has 0 aliphatic rings. The van der Waals surface area contributed by atoms with Gasteiger partial charge in [0.05, 0.1) is 5.25 Å². The lowest BCUT2D eigenvalue weighted by molar-refractivity contribution is -0.115. The number of rotatable bonds is 6. The molecule has 0 saturated heterocycles. The normalized spacial score (nSPS) is 11.7. The third-order valence-electron chi connectivity index (χ3n) is 4.92. The molecule has 4 nitrogen and oxygen atoms in total. The molecule has 4 aromatic carbocycles. The van der Waals surface area contributed by atoms with Crippen molar-refractivity contribution in [1.29, 1.82) is 0 Å². The third kappa shape index (κ3) is 5.34. The van der Waals surface area contributed by atoms with E-state index in [4.69, 9.17) is 0 Å². The molecule has 0 fully saturated rings. The molecule has 2 amide bonds. The molecule has 0 aromatic heterocycles. The number of fused-ring (bicyclic) bond motifs is 1. The molecule has 160 valence electrons. The molecule has 2 N–H and O–H groups in total. The summed E-state index contributed by atoms with van der Waals surface area (Å²) in [6.07, 6.45) is 0. The van der Waals surface area contributed by atoms with Crippen LogP contribution >= 0.6 is 11.8 Å². The molecule has 0 aliphatic carbocycles. The first kappa shape index (κ1) is 21.6. The second-order valence-corrected chi connectivity index (χ2v) is 8.71. The smallest absolute Gasteiger partial charge is 0.255 e. The van der Waals surface area contributed by atoms with Crippen LogP contribution < -0.4 is 10.6 Å². The van der Waals surface area contributed by atoms with E-state index >= 15 is 0 Å². The van der Waals surface area contributed by atoms with Crippen molar-refractivity contribution in [3.63, 3.8) is 0 Å². The minimum absolute atomic E-state index is 0.0843. The number of thioether (sulfide) groups is 1. The molecule has 0 aliphatic heterocycles. The SMILES string of the molecule is CC(Sc1ccc(NC(=O)c2ccc(F)cc2)cc1)C(=O)Nc1ccc2ccccc2c1. The van der Waals surface area contributed by atoms with Crippen LogP contribution in [-0.4, -0.2) is 17.1 Å². The van der Waals surface area contributed by atoms with E-state index in [0.717, 1.165) is 21.4 Å². The Morgan fingerprint density at radius 2 is 1.44 bits per heavy atom. The van der Waals surface area contributed by atoms with Crippen molar-refractivity contribution < 1.29 is 14.0 Å². The predicted molar refractivity (Wildman–Crippen MR) is 129 cm³/mol. The molecule has 4 rings (SSSR count). The summed E-state index contributed by atoms with van der Waals surface area (Å²) in [6.45, 7) is 1.85. The fourth-order valence-electron chi connectivity index (χ4n) is 3.19. The van der Waals surface area contributed by atoms with E-state index in [0.29, 0.717) is 11.3 Å². The van der Waals surface area contributed by atoms with Crippen molar-refractivity contribution in [1.82, 2.24) is 0 Å². The monoisotopic (exact) mass is 444 g/mol. The third-order valence-corrected chi connectivity index (χ3v) is 6.03. The van der Waals surface area contributed by atoms with Crippen LogP contribution in [0.5, 0.6) is 0 Å². The minimum Gasteiger partial charge on any atom is -0.325 e. The summed E-state index contributed by atoms with van der Waals surface area (Å²) < 4.78 is 13.0. The van der Waals surface area contributed by atoms with Crippen molar-refractivity contribution in [3.05, 3.63) is 102 Å². The molecule has 0 saturated carbocycles. The number of amides is 2. The van der Waals surface area contributed by atoms with Gasteiger partial charge in [0.15, 0.2) is 0 Å². The Kier molecular flexibility index (Phi) is 6.52. The highest BCUT2D eigenvalue weighted by atomic mass is 32.2. The van der Waals surface area contributed by atoms with E-state index in [-0.39, 0.29) is 22.9 Å². The first-order chi connectivity index (χ1) is 15.5. The van der Waals surface area contributed by atoms with Gasteiger partial charge in [0.25, 0.3) is 5.91 Å². The summed E-state index contributed by atoms with van der Waals surface area (Å²) in [5, 5.41) is 7.64. The summed E-state index contributed by atoms with van der Waals surface area (Å²) >= 11 is 1.43. The van der Waals surface area contributed by atoms with E-state index in [9.17, 15) is 14.0 Å². The molecule has 0 bridgehead atoms. The Balaban J connectivity index is 1.34. The molecule has 6 heteroatoms. The van der Waals surface area contributed by atoms with Crippen molar-refractivity contribution in [2.45, 2.75) is 17.1 Å². The number of hydrogen-bond donors (Lipinski definition) is 2. The number of carbonyl (C=O) groups is 2. The van der Waals surface area contributed by atoms with Crippen LogP contribution in [-0.2, 0) is 4.79 Å². The van der Waals surface area contributed by atoms with Gasteiger partial charge in [-0.15, -0.1) is 11.8 Å². The van der Waals surface area contributed by atoms with Gasteiger partial charge >= 0.3 is 0 Å². The fraction of sp³-hybridized carbons (Fsp3) is 0.0769. The molecule has 0 heterocycles. The minimum atomic E-state index is -0.387. The van der Waals surface area contributed by atoms with E-state index in [1.54, 1.807) is 12.1 Å². The van der Waals surface area contributed by atoms with Crippen LogP contribution in [0, 0.1) is 5.82 Å². The largest absolute Gasteiger partial charge is 0.325 e. The highest BCUT2D eigenvalue weighted by molar-refractivity contribution is 8.00. The van der Waals surface area contributed by atoms with E-state index in [1.807, 2.05) is 61.5 Å². The first-order valence-corrected chi connectivity index (χ1v) is 11.0. The summed E-state index contributed by atoms with van der Waals surface area (Å²) in [5.41, 5.74) is 1.76. The lowest BCUT2D eigenvalue weighted by Gasteiger charge is -2.13. The van der Waals surface area contributed by atoms with E-state index in [2.05, 4.69) is 10.6 Å². The van der Waals surface area contributed by atoms with Crippen LogP contribution in [0.4, 0.5) is 15.8 Å². The Morgan fingerprint density at radius 1 is 0.781 bits per heavy atom. The summed E-state index contributed by atoms with van der Waals surface area (Å²) in [6, 6.07) is 26.5. The number of benzene rings is 4. The van der Waals surface area contributed by atoms with Gasteiger partial charge in [-0.25, -0.2) is 4.39 Å². The number of nitrogens with one attached hydrogen (secondary N) is 2. The van der Waals surface area contributed by atoms with Crippen molar-refractivity contribution in [2.24, 2.45) is 0 Å². The fourth-order valence-corrected chi connectivity index (χ4v) is 4.06. The maximum absolute atomic E-state index is 13.0. The highest BCUT2D eigenvalue weighted by Gasteiger charge is 2.15. The molecular weight excluding hydrogens is 423 g/mol. The van der Waals surface area contributed by atoms with Crippen LogP contribution in [0.3, 0.4) is 0 Å². The lowest BCUT2D eigenvalue weighted by Crippen LogP contribution is -2.22. The molecule has 4 aromatic rings. The Bertz CT molecular complexity index is 1260. The van der Waals surface area contributed by atoms with Crippen LogP contribution in [0.2, 0.25) is 0 Å². The van der Waals surface area contributed by atoms with Crippen molar-refractivity contribution in [2.75, 3.05) is 10.6 Å². The second-order valence-electron chi connectivity index (χ2n) is 7.30. The molecule has 1 unspecified atom stereocenters. The maximum atomic E-state index is 13.0. The molecule has 32 heavy (non-hydrogen) atoms.